The maximum atomic E-state index is 12.4. The Bertz CT molecular complexity index is 667. The molecule has 6 nitrogen and oxygen atoms in total. The fourth-order valence-electron chi connectivity index (χ4n) is 3.73. The molecule has 3 rings (SSSR count). The highest BCUT2D eigenvalue weighted by Gasteiger charge is 2.36. The van der Waals surface area contributed by atoms with E-state index in [1.54, 1.807) is 11.3 Å². The van der Waals surface area contributed by atoms with Crippen molar-refractivity contribution in [2.24, 2.45) is 5.92 Å². The van der Waals surface area contributed by atoms with Crippen molar-refractivity contribution in [3.63, 3.8) is 0 Å². The second kappa shape index (κ2) is 8.16. The van der Waals surface area contributed by atoms with E-state index in [1.165, 1.54) is 15.4 Å². The van der Waals surface area contributed by atoms with Crippen LogP contribution in [-0.2, 0) is 21.4 Å². The third-order valence-electron chi connectivity index (χ3n) is 5.16. The van der Waals surface area contributed by atoms with E-state index in [1.807, 2.05) is 0 Å². The molecule has 1 N–H and O–H groups in total. The summed E-state index contributed by atoms with van der Waals surface area (Å²) in [6, 6.07) is 3.74. The third-order valence-corrected chi connectivity index (χ3v) is 7.31. The number of thiophene rings is 1. The minimum Gasteiger partial charge on any atom is -0.354 e. The molecule has 1 atom stereocenters. The summed E-state index contributed by atoms with van der Waals surface area (Å²) in [5.41, 5.74) is 0. The number of hydrogen-bond acceptors (Lipinski definition) is 5. The number of likely N-dealkylation sites (tertiary alicyclic amines) is 1. The van der Waals surface area contributed by atoms with Gasteiger partial charge in [0.1, 0.15) is 6.04 Å². The van der Waals surface area contributed by atoms with Crippen molar-refractivity contribution in [1.29, 1.82) is 0 Å². The van der Waals surface area contributed by atoms with Crippen LogP contribution in [0.3, 0.4) is 0 Å². The molecule has 1 aromatic rings. The molecule has 8 heteroatoms. The second-order valence-electron chi connectivity index (χ2n) is 7.08. The Balaban J connectivity index is 1.41. The van der Waals surface area contributed by atoms with Crippen molar-refractivity contribution < 1.29 is 13.2 Å². The lowest BCUT2D eigenvalue weighted by Crippen LogP contribution is -2.47. The van der Waals surface area contributed by atoms with Gasteiger partial charge < -0.3 is 5.32 Å². The molecule has 0 aliphatic carbocycles. The molecule has 1 unspecified atom stereocenters. The SMILES string of the molecule is CS(=O)(=O)N1CCCC1C(=O)NCC1CCN(Cc2cccs2)CC1. The van der Waals surface area contributed by atoms with E-state index in [9.17, 15) is 13.2 Å². The molecule has 2 fully saturated rings. The maximum Gasteiger partial charge on any atom is 0.238 e. The van der Waals surface area contributed by atoms with Gasteiger partial charge in [-0.05, 0) is 56.1 Å². The van der Waals surface area contributed by atoms with Crippen LogP contribution >= 0.6 is 11.3 Å². The number of nitrogens with zero attached hydrogens (tertiary/aromatic N) is 2. The Morgan fingerprint density at radius 1 is 1.28 bits per heavy atom. The van der Waals surface area contributed by atoms with E-state index in [0.29, 0.717) is 25.4 Å². The number of hydrogen-bond donors (Lipinski definition) is 1. The van der Waals surface area contributed by atoms with Crippen LogP contribution < -0.4 is 5.32 Å². The Labute approximate surface area is 154 Å². The number of carbonyl (C=O) groups excluding carboxylic acids is 1. The van der Waals surface area contributed by atoms with Gasteiger partial charge >= 0.3 is 0 Å². The van der Waals surface area contributed by atoms with E-state index in [-0.39, 0.29) is 5.91 Å². The molecule has 0 bridgehead atoms. The van der Waals surface area contributed by atoms with Crippen molar-refractivity contribution in [3.05, 3.63) is 22.4 Å². The highest BCUT2D eigenvalue weighted by molar-refractivity contribution is 7.88. The van der Waals surface area contributed by atoms with Crippen LogP contribution in [0.25, 0.3) is 0 Å². The molecule has 25 heavy (non-hydrogen) atoms. The quantitative estimate of drug-likeness (QED) is 0.806. The minimum atomic E-state index is -3.31. The third kappa shape index (κ3) is 5.03. The first-order valence-corrected chi connectivity index (χ1v) is 11.7. The molecular weight excluding hydrogens is 358 g/mol. The first kappa shape index (κ1) is 18.8. The smallest absolute Gasteiger partial charge is 0.238 e. The molecule has 2 aliphatic rings. The largest absolute Gasteiger partial charge is 0.354 e. The summed E-state index contributed by atoms with van der Waals surface area (Å²) in [4.78, 5) is 16.3. The number of nitrogens with one attached hydrogen (secondary N) is 1. The fraction of sp³-hybridized carbons (Fsp3) is 0.706. The van der Waals surface area contributed by atoms with Gasteiger partial charge in [0.15, 0.2) is 0 Å². The zero-order valence-corrected chi connectivity index (χ0v) is 16.3. The Hall–Kier alpha value is -0.960. The maximum absolute atomic E-state index is 12.4. The van der Waals surface area contributed by atoms with Crippen LogP contribution in [-0.4, -0.2) is 62.0 Å². The Kier molecular flexibility index (Phi) is 6.14. The Morgan fingerprint density at radius 2 is 2.04 bits per heavy atom. The normalized spacial score (nSPS) is 23.8. The van der Waals surface area contributed by atoms with Crippen LogP contribution in [0, 0.1) is 5.92 Å². The lowest BCUT2D eigenvalue weighted by atomic mass is 9.96. The molecule has 0 aromatic carbocycles. The van der Waals surface area contributed by atoms with Gasteiger partial charge in [-0.3, -0.25) is 9.69 Å². The zero-order valence-electron chi connectivity index (χ0n) is 14.7. The molecule has 0 spiro atoms. The predicted molar refractivity (Wildman–Crippen MR) is 99.9 cm³/mol. The van der Waals surface area contributed by atoms with Crippen molar-refractivity contribution in [2.75, 3.05) is 32.4 Å². The van der Waals surface area contributed by atoms with Gasteiger partial charge in [0, 0.05) is 24.5 Å². The van der Waals surface area contributed by atoms with Gasteiger partial charge in [-0.2, -0.15) is 4.31 Å². The van der Waals surface area contributed by atoms with E-state index in [0.717, 1.165) is 38.9 Å². The highest BCUT2D eigenvalue weighted by Crippen LogP contribution is 2.22. The van der Waals surface area contributed by atoms with Crippen molar-refractivity contribution >= 4 is 27.3 Å². The predicted octanol–water partition coefficient (Wildman–Crippen LogP) is 1.50. The molecule has 0 radical (unpaired) electrons. The molecule has 3 heterocycles. The van der Waals surface area contributed by atoms with E-state index >= 15 is 0 Å². The number of rotatable bonds is 6. The Morgan fingerprint density at radius 3 is 2.68 bits per heavy atom. The van der Waals surface area contributed by atoms with E-state index in [2.05, 4.69) is 27.7 Å². The monoisotopic (exact) mass is 385 g/mol. The number of amides is 1. The van der Waals surface area contributed by atoms with Gasteiger partial charge in [0.05, 0.1) is 6.26 Å². The van der Waals surface area contributed by atoms with Gasteiger partial charge in [-0.15, -0.1) is 11.3 Å². The lowest BCUT2D eigenvalue weighted by Gasteiger charge is -2.32. The van der Waals surface area contributed by atoms with Crippen molar-refractivity contribution in [2.45, 2.75) is 38.3 Å². The summed E-state index contributed by atoms with van der Waals surface area (Å²) < 4.78 is 24.9. The van der Waals surface area contributed by atoms with Gasteiger partial charge in [-0.25, -0.2) is 8.42 Å². The summed E-state index contributed by atoms with van der Waals surface area (Å²) in [6.07, 6.45) is 4.71. The van der Waals surface area contributed by atoms with Crippen LogP contribution in [0.5, 0.6) is 0 Å². The summed E-state index contributed by atoms with van der Waals surface area (Å²) in [5, 5.41) is 5.11. The lowest BCUT2D eigenvalue weighted by molar-refractivity contribution is -0.124. The van der Waals surface area contributed by atoms with Crippen molar-refractivity contribution in [3.8, 4) is 0 Å². The first-order valence-electron chi connectivity index (χ1n) is 8.93. The van der Waals surface area contributed by atoms with Crippen LogP contribution in [0.1, 0.15) is 30.6 Å². The highest BCUT2D eigenvalue weighted by atomic mass is 32.2. The zero-order chi connectivity index (χ0) is 17.9. The molecular formula is C17H27N3O3S2. The standard InChI is InChI=1S/C17H27N3O3S2/c1-25(22,23)20-8-2-5-16(20)17(21)18-12-14-6-9-19(10-7-14)13-15-4-3-11-24-15/h3-4,11,14,16H,2,5-10,12-13H2,1H3,(H,18,21). The average molecular weight is 386 g/mol. The van der Waals surface area contributed by atoms with Crippen molar-refractivity contribution in [1.82, 2.24) is 14.5 Å². The molecule has 1 aromatic heterocycles. The summed E-state index contributed by atoms with van der Waals surface area (Å²) in [6.45, 7) is 4.23. The number of piperidine rings is 1. The minimum absolute atomic E-state index is 0.135. The molecule has 2 saturated heterocycles. The first-order chi connectivity index (χ1) is 11.9. The molecule has 2 aliphatic heterocycles. The van der Waals surface area contributed by atoms with Crippen LogP contribution in [0.2, 0.25) is 0 Å². The van der Waals surface area contributed by atoms with E-state index in [4.69, 9.17) is 0 Å². The number of sulfonamides is 1. The topological polar surface area (TPSA) is 69.7 Å². The fourth-order valence-corrected chi connectivity index (χ4v) is 5.60. The summed E-state index contributed by atoms with van der Waals surface area (Å²) in [7, 11) is -3.31. The second-order valence-corrected chi connectivity index (χ2v) is 10.0. The average Bonchev–Trinajstić information content (AvgIpc) is 3.25. The number of carbonyl (C=O) groups is 1. The summed E-state index contributed by atoms with van der Waals surface area (Å²) in [5.74, 6) is 0.348. The van der Waals surface area contributed by atoms with Crippen LogP contribution in [0.4, 0.5) is 0 Å². The summed E-state index contributed by atoms with van der Waals surface area (Å²) >= 11 is 1.80. The molecule has 0 saturated carbocycles. The van der Waals surface area contributed by atoms with Crippen LogP contribution in [0.15, 0.2) is 17.5 Å². The van der Waals surface area contributed by atoms with E-state index < -0.39 is 16.1 Å². The van der Waals surface area contributed by atoms with Gasteiger partial charge in [0.25, 0.3) is 0 Å². The van der Waals surface area contributed by atoms with Gasteiger partial charge in [0.2, 0.25) is 15.9 Å². The molecule has 1 amide bonds. The molecule has 140 valence electrons. The van der Waals surface area contributed by atoms with Gasteiger partial charge in [-0.1, -0.05) is 6.07 Å².